The van der Waals surface area contributed by atoms with Crippen LogP contribution in [0.2, 0.25) is 0 Å². The topological polar surface area (TPSA) is 56.5 Å². The minimum Gasteiger partial charge on any atom is -0.255 e. The van der Waals surface area contributed by atoms with Gasteiger partial charge in [0.25, 0.3) is 0 Å². The predicted molar refractivity (Wildman–Crippen MR) is 76.6 cm³/mol. The van der Waals surface area contributed by atoms with Crippen molar-refractivity contribution in [3.63, 3.8) is 0 Å². The standard InChI is InChI=1S/C15H13N5/c1-2-3-6-9-20-18-15(17-19-20)13-10-12-7-4-5-8-14(12)16-11-13/h4-5,7-8,10-11H,2,9H2,1H3. The minimum absolute atomic E-state index is 0.460. The van der Waals surface area contributed by atoms with E-state index in [1.54, 1.807) is 6.20 Å². The monoisotopic (exact) mass is 263 g/mol. The van der Waals surface area contributed by atoms with Crippen LogP contribution in [0.3, 0.4) is 0 Å². The quantitative estimate of drug-likeness (QED) is 0.666. The van der Waals surface area contributed by atoms with Crippen LogP contribution in [0.5, 0.6) is 0 Å². The van der Waals surface area contributed by atoms with Gasteiger partial charge in [0.05, 0.1) is 5.52 Å². The molecule has 98 valence electrons. The molecule has 3 rings (SSSR count). The van der Waals surface area contributed by atoms with Crippen molar-refractivity contribution in [1.29, 1.82) is 0 Å². The van der Waals surface area contributed by atoms with E-state index in [2.05, 4.69) is 32.2 Å². The second-order valence-electron chi connectivity index (χ2n) is 4.27. The Balaban J connectivity index is 1.90. The van der Waals surface area contributed by atoms with Crippen molar-refractivity contribution in [3.8, 4) is 23.2 Å². The predicted octanol–water partition coefficient (Wildman–Crippen LogP) is 2.30. The lowest BCUT2D eigenvalue weighted by molar-refractivity contribution is 0.592. The zero-order valence-electron chi connectivity index (χ0n) is 11.1. The third kappa shape index (κ3) is 2.50. The van der Waals surface area contributed by atoms with E-state index in [1.807, 2.05) is 37.3 Å². The number of tetrazole rings is 1. The van der Waals surface area contributed by atoms with Crippen molar-refractivity contribution in [2.75, 3.05) is 0 Å². The largest absolute Gasteiger partial charge is 0.255 e. The van der Waals surface area contributed by atoms with Crippen molar-refractivity contribution >= 4 is 10.9 Å². The van der Waals surface area contributed by atoms with Crippen molar-refractivity contribution in [2.45, 2.75) is 19.9 Å². The molecule has 0 aliphatic heterocycles. The summed E-state index contributed by atoms with van der Waals surface area (Å²) in [5.74, 6) is 6.53. The summed E-state index contributed by atoms with van der Waals surface area (Å²) < 4.78 is 0. The Hall–Kier alpha value is -2.74. The number of rotatable bonds is 2. The molecular formula is C15H13N5. The van der Waals surface area contributed by atoms with Gasteiger partial charge in [-0.3, -0.25) is 4.98 Å². The van der Waals surface area contributed by atoms with Gasteiger partial charge < -0.3 is 0 Å². The molecule has 0 aliphatic rings. The summed E-state index contributed by atoms with van der Waals surface area (Å²) in [6, 6.07) is 9.96. The minimum atomic E-state index is 0.460. The second-order valence-corrected chi connectivity index (χ2v) is 4.27. The van der Waals surface area contributed by atoms with Gasteiger partial charge in [0.1, 0.15) is 6.54 Å². The molecule has 0 aliphatic carbocycles. The van der Waals surface area contributed by atoms with Gasteiger partial charge in [-0.1, -0.05) is 31.0 Å². The van der Waals surface area contributed by atoms with E-state index in [0.717, 1.165) is 22.9 Å². The number of para-hydroxylation sites is 1. The Labute approximate surface area is 116 Å². The first kappa shape index (κ1) is 12.3. The maximum atomic E-state index is 4.40. The van der Waals surface area contributed by atoms with Crippen molar-refractivity contribution in [2.24, 2.45) is 0 Å². The van der Waals surface area contributed by atoms with Gasteiger partial charge in [0.15, 0.2) is 0 Å². The van der Waals surface area contributed by atoms with Crippen LogP contribution in [0.4, 0.5) is 0 Å². The van der Waals surface area contributed by atoms with E-state index in [0.29, 0.717) is 12.4 Å². The molecule has 0 fully saturated rings. The Morgan fingerprint density at radius 2 is 2.10 bits per heavy atom. The van der Waals surface area contributed by atoms with Crippen molar-refractivity contribution in [1.82, 2.24) is 25.2 Å². The fraction of sp³-hybridized carbons (Fsp3) is 0.200. The normalized spacial score (nSPS) is 10.2. The van der Waals surface area contributed by atoms with E-state index in [-0.39, 0.29) is 0 Å². The maximum absolute atomic E-state index is 4.40. The lowest BCUT2D eigenvalue weighted by Crippen LogP contribution is -2.00. The lowest BCUT2D eigenvalue weighted by atomic mass is 10.1. The highest BCUT2D eigenvalue weighted by molar-refractivity contribution is 5.82. The highest BCUT2D eigenvalue weighted by Gasteiger charge is 2.06. The van der Waals surface area contributed by atoms with Crippen LogP contribution < -0.4 is 0 Å². The smallest absolute Gasteiger partial charge is 0.206 e. The first-order valence-electron chi connectivity index (χ1n) is 6.45. The molecule has 3 aromatic rings. The van der Waals surface area contributed by atoms with E-state index >= 15 is 0 Å². The van der Waals surface area contributed by atoms with Gasteiger partial charge in [-0.25, -0.2) is 0 Å². The number of fused-ring (bicyclic) bond motifs is 1. The zero-order chi connectivity index (χ0) is 13.8. The van der Waals surface area contributed by atoms with Crippen LogP contribution >= 0.6 is 0 Å². The molecule has 1 aromatic carbocycles. The van der Waals surface area contributed by atoms with Gasteiger partial charge in [-0.2, -0.15) is 4.80 Å². The fourth-order valence-electron chi connectivity index (χ4n) is 1.87. The number of aromatic nitrogens is 5. The number of hydrogen-bond donors (Lipinski definition) is 0. The molecule has 0 atom stereocenters. The molecule has 5 heteroatoms. The van der Waals surface area contributed by atoms with E-state index in [1.165, 1.54) is 4.80 Å². The van der Waals surface area contributed by atoms with E-state index < -0.39 is 0 Å². The van der Waals surface area contributed by atoms with Gasteiger partial charge in [0, 0.05) is 23.6 Å². The SMILES string of the molecule is CCC#CCn1nnc(-c2cnc3ccccc3c2)n1. The molecule has 0 unspecified atom stereocenters. The second kappa shape index (κ2) is 5.49. The number of pyridine rings is 1. The zero-order valence-corrected chi connectivity index (χ0v) is 11.1. The number of benzene rings is 1. The van der Waals surface area contributed by atoms with Crippen LogP contribution in [0.15, 0.2) is 36.5 Å². The Kier molecular flexibility index (Phi) is 3.38. The van der Waals surface area contributed by atoms with Crippen LogP contribution in [0.25, 0.3) is 22.3 Å². The molecule has 20 heavy (non-hydrogen) atoms. The first-order valence-corrected chi connectivity index (χ1v) is 6.45. The molecule has 2 heterocycles. The lowest BCUT2D eigenvalue weighted by Gasteiger charge is -1.98. The molecule has 0 bridgehead atoms. The maximum Gasteiger partial charge on any atom is 0.206 e. The van der Waals surface area contributed by atoms with Gasteiger partial charge >= 0.3 is 0 Å². The average Bonchev–Trinajstić information content (AvgIpc) is 2.96. The highest BCUT2D eigenvalue weighted by Crippen LogP contribution is 2.18. The van der Waals surface area contributed by atoms with Crippen LogP contribution in [-0.2, 0) is 6.54 Å². The Morgan fingerprint density at radius 1 is 1.20 bits per heavy atom. The van der Waals surface area contributed by atoms with Gasteiger partial charge in [-0.15, -0.1) is 16.1 Å². The third-order valence-corrected chi connectivity index (χ3v) is 2.82. The Bertz CT molecular complexity index is 794. The highest BCUT2D eigenvalue weighted by atomic mass is 15.6. The molecular weight excluding hydrogens is 250 g/mol. The third-order valence-electron chi connectivity index (χ3n) is 2.82. The van der Waals surface area contributed by atoms with Gasteiger partial charge in [0.2, 0.25) is 5.82 Å². The molecule has 0 N–H and O–H groups in total. The summed E-state index contributed by atoms with van der Waals surface area (Å²) in [7, 11) is 0. The summed E-state index contributed by atoms with van der Waals surface area (Å²) in [5.41, 5.74) is 1.82. The summed E-state index contributed by atoms with van der Waals surface area (Å²) in [6.45, 7) is 2.47. The Morgan fingerprint density at radius 3 is 3.00 bits per heavy atom. The average molecular weight is 263 g/mol. The van der Waals surface area contributed by atoms with Crippen LogP contribution in [-0.4, -0.2) is 25.2 Å². The molecule has 5 nitrogen and oxygen atoms in total. The van der Waals surface area contributed by atoms with Crippen molar-refractivity contribution in [3.05, 3.63) is 36.5 Å². The molecule has 0 saturated carbocycles. The number of nitrogens with zero attached hydrogens (tertiary/aromatic N) is 5. The summed E-state index contributed by atoms with van der Waals surface area (Å²) >= 11 is 0. The molecule has 2 aromatic heterocycles. The fourth-order valence-corrected chi connectivity index (χ4v) is 1.87. The van der Waals surface area contributed by atoms with Crippen molar-refractivity contribution < 1.29 is 0 Å². The van der Waals surface area contributed by atoms with E-state index in [9.17, 15) is 0 Å². The van der Waals surface area contributed by atoms with Crippen LogP contribution in [0, 0.1) is 11.8 Å². The molecule has 0 amide bonds. The number of hydrogen-bond acceptors (Lipinski definition) is 4. The van der Waals surface area contributed by atoms with E-state index in [4.69, 9.17) is 0 Å². The summed E-state index contributed by atoms with van der Waals surface area (Å²) in [5, 5.41) is 13.4. The molecule has 0 spiro atoms. The first-order chi connectivity index (χ1) is 9.86. The summed E-state index contributed by atoms with van der Waals surface area (Å²) in [6.07, 6.45) is 2.59. The molecule has 0 radical (unpaired) electrons. The van der Waals surface area contributed by atoms with Crippen LogP contribution in [0.1, 0.15) is 13.3 Å². The summed E-state index contributed by atoms with van der Waals surface area (Å²) in [4.78, 5) is 5.89. The molecule has 0 saturated heterocycles. The van der Waals surface area contributed by atoms with Gasteiger partial charge in [-0.05, 0) is 17.3 Å².